The lowest BCUT2D eigenvalue weighted by atomic mass is 10.0. The minimum atomic E-state index is 0.445. The maximum Gasteiger partial charge on any atom is 0.226 e. The SMILES string of the molecule is O=C(C1C2C3CCC(C3)C12)N(CCBr)C1CC1. The first kappa shape index (κ1) is 10.8. The van der Waals surface area contributed by atoms with Crippen LogP contribution in [0, 0.1) is 29.6 Å². The van der Waals surface area contributed by atoms with Crippen molar-refractivity contribution >= 4 is 21.8 Å². The van der Waals surface area contributed by atoms with Crippen molar-refractivity contribution in [2.45, 2.75) is 38.1 Å². The molecule has 2 nitrogen and oxygen atoms in total. The molecule has 0 N–H and O–H groups in total. The van der Waals surface area contributed by atoms with E-state index in [1.54, 1.807) is 0 Å². The van der Waals surface area contributed by atoms with Crippen molar-refractivity contribution in [2.24, 2.45) is 29.6 Å². The molecule has 0 aromatic heterocycles. The number of carbonyl (C=O) groups excluding carboxylic acids is 1. The van der Waals surface area contributed by atoms with E-state index in [0.717, 1.165) is 35.5 Å². The van der Waals surface area contributed by atoms with Crippen LogP contribution in [-0.4, -0.2) is 28.7 Å². The molecule has 3 heteroatoms. The van der Waals surface area contributed by atoms with Crippen LogP contribution in [0.3, 0.4) is 0 Å². The number of hydrogen-bond donors (Lipinski definition) is 0. The van der Waals surface area contributed by atoms with E-state index in [1.165, 1.54) is 32.1 Å². The highest BCUT2D eigenvalue weighted by atomic mass is 79.9. The van der Waals surface area contributed by atoms with E-state index in [4.69, 9.17) is 0 Å². The predicted molar refractivity (Wildman–Crippen MR) is 69.8 cm³/mol. The Bertz CT molecular complexity index is 338. The van der Waals surface area contributed by atoms with Crippen LogP contribution in [0.5, 0.6) is 0 Å². The number of amides is 1. The molecule has 4 aliphatic carbocycles. The summed E-state index contributed by atoms with van der Waals surface area (Å²) < 4.78 is 0. The highest BCUT2D eigenvalue weighted by molar-refractivity contribution is 9.09. The van der Waals surface area contributed by atoms with Crippen LogP contribution in [0.25, 0.3) is 0 Å². The van der Waals surface area contributed by atoms with Crippen molar-refractivity contribution in [1.29, 1.82) is 0 Å². The number of halogens is 1. The molecule has 0 aliphatic heterocycles. The number of fused-ring (bicyclic) bond motifs is 5. The third kappa shape index (κ3) is 1.54. The molecule has 0 saturated heterocycles. The van der Waals surface area contributed by atoms with Crippen LogP contribution < -0.4 is 0 Å². The first-order valence-corrected chi connectivity index (χ1v) is 8.30. The minimum Gasteiger partial charge on any atom is -0.339 e. The lowest BCUT2D eigenvalue weighted by Crippen LogP contribution is -2.37. The Balaban J connectivity index is 1.47. The number of carbonyl (C=O) groups is 1. The molecule has 1 amide bonds. The fourth-order valence-electron chi connectivity index (χ4n) is 4.80. The van der Waals surface area contributed by atoms with Gasteiger partial charge in [-0.3, -0.25) is 4.79 Å². The Morgan fingerprint density at radius 2 is 1.76 bits per heavy atom. The Morgan fingerprint density at radius 1 is 1.12 bits per heavy atom. The summed E-state index contributed by atoms with van der Waals surface area (Å²) in [6.45, 7) is 0.925. The molecule has 4 aliphatic rings. The average molecular weight is 298 g/mol. The van der Waals surface area contributed by atoms with Gasteiger partial charge in [-0.05, 0) is 55.8 Å². The van der Waals surface area contributed by atoms with E-state index in [-0.39, 0.29) is 0 Å². The molecule has 0 aromatic carbocycles. The fraction of sp³-hybridized carbons (Fsp3) is 0.929. The van der Waals surface area contributed by atoms with E-state index in [9.17, 15) is 4.79 Å². The van der Waals surface area contributed by atoms with Crippen molar-refractivity contribution in [3.05, 3.63) is 0 Å². The fourth-order valence-corrected chi connectivity index (χ4v) is 5.18. The van der Waals surface area contributed by atoms with E-state index < -0.39 is 0 Å². The zero-order chi connectivity index (χ0) is 11.6. The second kappa shape index (κ2) is 3.72. The van der Waals surface area contributed by atoms with Crippen molar-refractivity contribution in [3.63, 3.8) is 0 Å². The van der Waals surface area contributed by atoms with E-state index in [0.29, 0.717) is 17.9 Å². The van der Waals surface area contributed by atoms with Crippen LogP contribution in [-0.2, 0) is 4.79 Å². The number of alkyl halides is 1. The normalized spacial score (nSPS) is 45.8. The summed E-state index contributed by atoms with van der Waals surface area (Å²) in [5.41, 5.74) is 0. The second-order valence-corrected chi connectivity index (χ2v) is 7.26. The molecule has 4 fully saturated rings. The Morgan fingerprint density at radius 3 is 2.29 bits per heavy atom. The molecule has 4 atom stereocenters. The van der Waals surface area contributed by atoms with Gasteiger partial charge in [0.05, 0.1) is 0 Å². The third-order valence-corrected chi connectivity index (χ3v) is 5.97. The molecule has 4 unspecified atom stereocenters. The van der Waals surface area contributed by atoms with Gasteiger partial charge in [0.25, 0.3) is 0 Å². The van der Waals surface area contributed by atoms with Gasteiger partial charge in [0.1, 0.15) is 0 Å². The largest absolute Gasteiger partial charge is 0.339 e. The lowest BCUT2D eigenvalue weighted by molar-refractivity contribution is -0.134. The second-order valence-electron chi connectivity index (χ2n) is 6.47. The number of rotatable bonds is 4. The van der Waals surface area contributed by atoms with Gasteiger partial charge in [-0.15, -0.1) is 0 Å². The summed E-state index contributed by atoms with van der Waals surface area (Å²) in [6.07, 6.45) is 6.76. The van der Waals surface area contributed by atoms with Gasteiger partial charge in [-0.1, -0.05) is 15.9 Å². The Hall–Kier alpha value is -0.0500. The zero-order valence-electron chi connectivity index (χ0n) is 10.1. The van der Waals surface area contributed by atoms with Crippen molar-refractivity contribution < 1.29 is 4.79 Å². The maximum atomic E-state index is 12.6. The van der Waals surface area contributed by atoms with Crippen LogP contribution in [0.1, 0.15) is 32.1 Å². The smallest absolute Gasteiger partial charge is 0.226 e. The minimum absolute atomic E-state index is 0.445. The highest BCUT2D eigenvalue weighted by Crippen LogP contribution is 2.69. The maximum absolute atomic E-state index is 12.6. The van der Waals surface area contributed by atoms with Crippen LogP contribution >= 0.6 is 15.9 Å². The zero-order valence-corrected chi connectivity index (χ0v) is 11.7. The molecule has 4 rings (SSSR count). The van der Waals surface area contributed by atoms with Crippen LogP contribution in [0.2, 0.25) is 0 Å². The first-order chi connectivity index (χ1) is 8.31. The van der Waals surface area contributed by atoms with Gasteiger partial charge in [0.2, 0.25) is 5.91 Å². The quantitative estimate of drug-likeness (QED) is 0.731. The summed E-state index contributed by atoms with van der Waals surface area (Å²) in [5, 5.41) is 0.935. The molecular formula is C14H20BrNO. The van der Waals surface area contributed by atoms with Gasteiger partial charge >= 0.3 is 0 Å². The van der Waals surface area contributed by atoms with Crippen molar-refractivity contribution in [2.75, 3.05) is 11.9 Å². The summed E-state index contributed by atoms with van der Waals surface area (Å²) in [6, 6.07) is 0.596. The Labute approximate surface area is 111 Å². The summed E-state index contributed by atoms with van der Waals surface area (Å²) in [7, 11) is 0. The van der Waals surface area contributed by atoms with Gasteiger partial charge < -0.3 is 4.90 Å². The molecule has 0 heterocycles. The van der Waals surface area contributed by atoms with Gasteiger partial charge in [-0.25, -0.2) is 0 Å². The topological polar surface area (TPSA) is 20.3 Å². The van der Waals surface area contributed by atoms with E-state index in [2.05, 4.69) is 20.8 Å². The van der Waals surface area contributed by atoms with Gasteiger partial charge in [0.15, 0.2) is 0 Å². The monoisotopic (exact) mass is 297 g/mol. The molecule has 2 bridgehead atoms. The lowest BCUT2D eigenvalue weighted by Gasteiger charge is -2.23. The summed E-state index contributed by atoms with van der Waals surface area (Å²) >= 11 is 3.49. The first-order valence-electron chi connectivity index (χ1n) is 7.17. The number of nitrogens with zero attached hydrogens (tertiary/aromatic N) is 1. The van der Waals surface area contributed by atoms with Crippen molar-refractivity contribution in [3.8, 4) is 0 Å². The van der Waals surface area contributed by atoms with Crippen molar-refractivity contribution in [1.82, 2.24) is 4.90 Å². The molecule has 0 aromatic rings. The van der Waals surface area contributed by atoms with E-state index in [1.807, 2.05) is 0 Å². The molecule has 4 saturated carbocycles. The van der Waals surface area contributed by atoms with Crippen LogP contribution in [0.4, 0.5) is 0 Å². The summed E-state index contributed by atoms with van der Waals surface area (Å²) in [4.78, 5) is 14.8. The molecule has 94 valence electrons. The average Bonchev–Trinajstić information content (AvgIpc) is 3.24. The third-order valence-electron chi connectivity index (χ3n) is 5.62. The van der Waals surface area contributed by atoms with Gasteiger partial charge in [-0.2, -0.15) is 0 Å². The predicted octanol–water partition coefficient (Wildman–Crippen LogP) is 2.66. The molecule has 0 spiro atoms. The Kier molecular flexibility index (Phi) is 2.37. The van der Waals surface area contributed by atoms with Gasteiger partial charge in [0, 0.05) is 23.8 Å². The molecule has 0 radical (unpaired) electrons. The van der Waals surface area contributed by atoms with Crippen LogP contribution in [0.15, 0.2) is 0 Å². The standard InChI is InChI=1S/C14H20BrNO/c15-5-6-16(10-3-4-10)14(17)13-11-8-1-2-9(7-8)12(11)13/h8-13H,1-7H2. The number of hydrogen-bond acceptors (Lipinski definition) is 1. The molecular weight excluding hydrogens is 278 g/mol. The van der Waals surface area contributed by atoms with E-state index >= 15 is 0 Å². The highest BCUT2D eigenvalue weighted by Gasteiger charge is 2.68. The summed E-state index contributed by atoms with van der Waals surface area (Å²) in [5.74, 6) is 4.41. The molecule has 17 heavy (non-hydrogen) atoms.